The second-order valence-corrected chi connectivity index (χ2v) is 13.3. The first-order valence-electron chi connectivity index (χ1n) is 17.1. The third-order valence-electron chi connectivity index (χ3n) is 10.0. The molecule has 0 radical (unpaired) electrons. The first-order chi connectivity index (χ1) is 23.4. The molecular formula is C40H44N4O4. The number of nitrogens with zero attached hydrogens (tertiary/aromatic N) is 3. The highest BCUT2D eigenvalue weighted by molar-refractivity contribution is 5.89. The zero-order chi connectivity index (χ0) is 33.5. The van der Waals surface area contributed by atoms with Gasteiger partial charge in [-0.15, -0.1) is 0 Å². The van der Waals surface area contributed by atoms with Crippen LogP contribution in [-0.2, 0) is 27.4 Å². The molecule has 0 unspecified atom stereocenters. The van der Waals surface area contributed by atoms with E-state index in [-0.39, 0.29) is 30.6 Å². The summed E-state index contributed by atoms with van der Waals surface area (Å²) in [6.45, 7) is 4.67. The fraction of sp³-hybridized carbons (Fsp3) is 0.375. The van der Waals surface area contributed by atoms with Gasteiger partial charge < -0.3 is 15.0 Å². The minimum atomic E-state index is -0.833. The van der Waals surface area contributed by atoms with Crippen LogP contribution in [0.3, 0.4) is 0 Å². The normalized spacial score (nSPS) is 18.4. The van der Waals surface area contributed by atoms with Crippen LogP contribution in [0.15, 0.2) is 91.3 Å². The summed E-state index contributed by atoms with van der Waals surface area (Å²) in [5, 5.41) is 2.76. The zero-order valence-electron chi connectivity index (χ0n) is 27.8. The molecule has 1 N–H and O–H groups in total. The summed E-state index contributed by atoms with van der Waals surface area (Å²) < 4.78 is 5.41. The second kappa shape index (κ2) is 15.4. The molecule has 248 valence electrons. The number of nitrogens with one attached hydrogen (secondary N) is 1. The molecule has 48 heavy (non-hydrogen) atoms. The van der Waals surface area contributed by atoms with Crippen molar-refractivity contribution in [1.82, 2.24) is 20.2 Å². The standard InChI is InChI=1S/C40H44N4O4/c1-3-28-9-13-31(14-10-28)32-17-19-33(20-18-32)35-22-41-38(42-23-35)34-15-11-29(12-16-34)21-37(39(46)44-24-36(25-44)27(2)45)43-40(47)48-26-30-7-5-4-6-8-30/h4-8,11-12,15-20,22-23,28,31,36-37H,3,9-10,13-14,21,24-26H2,1-2H3,(H,43,47)/t28?,31?,37-/m0/s1. The average Bonchev–Trinajstić information content (AvgIpc) is 3.10. The van der Waals surface area contributed by atoms with E-state index < -0.39 is 12.1 Å². The van der Waals surface area contributed by atoms with Crippen molar-refractivity contribution in [3.63, 3.8) is 0 Å². The Hall–Kier alpha value is -4.85. The monoisotopic (exact) mass is 644 g/mol. The number of rotatable bonds is 11. The summed E-state index contributed by atoms with van der Waals surface area (Å²) in [6, 6.07) is 25.1. The maximum atomic E-state index is 13.4. The average molecular weight is 645 g/mol. The number of Topliss-reactive ketones (excluding diaryl/α,β-unsaturated/α-hetero) is 1. The van der Waals surface area contributed by atoms with Crippen LogP contribution in [0.5, 0.6) is 0 Å². The van der Waals surface area contributed by atoms with Gasteiger partial charge in [0.05, 0.1) is 5.92 Å². The van der Waals surface area contributed by atoms with Crippen molar-refractivity contribution < 1.29 is 19.1 Å². The summed E-state index contributed by atoms with van der Waals surface area (Å²) in [4.78, 5) is 48.8. The molecule has 1 saturated carbocycles. The number of hydrogen-bond acceptors (Lipinski definition) is 6. The number of aromatic nitrogens is 2. The van der Waals surface area contributed by atoms with E-state index in [9.17, 15) is 14.4 Å². The summed E-state index contributed by atoms with van der Waals surface area (Å²) in [5.74, 6) is 1.85. The Kier molecular flexibility index (Phi) is 10.6. The number of likely N-dealkylation sites (tertiary alicyclic amines) is 1. The number of ether oxygens (including phenoxy) is 1. The highest BCUT2D eigenvalue weighted by Crippen LogP contribution is 2.37. The Labute approximate surface area is 283 Å². The lowest BCUT2D eigenvalue weighted by Crippen LogP contribution is -2.59. The van der Waals surface area contributed by atoms with Crippen molar-refractivity contribution in [3.05, 3.63) is 108 Å². The van der Waals surface area contributed by atoms with E-state index in [1.807, 2.05) is 67.0 Å². The molecule has 1 aliphatic carbocycles. The highest BCUT2D eigenvalue weighted by atomic mass is 16.5. The van der Waals surface area contributed by atoms with Crippen molar-refractivity contribution in [2.75, 3.05) is 13.1 Å². The molecule has 3 aromatic carbocycles. The van der Waals surface area contributed by atoms with Crippen LogP contribution >= 0.6 is 0 Å². The van der Waals surface area contributed by atoms with Crippen LogP contribution in [0.2, 0.25) is 0 Å². The predicted molar refractivity (Wildman–Crippen MR) is 186 cm³/mol. The maximum absolute atomic E-state index is 13.4. The van der Waals surface area contributed by atoms with Crippen LogP contribution in [0, 0.1) is 11.8 Å². The van der Waals surface area contributed by atoms with Gasteiger partial charge in [-0.3, -0.25) is 9.59 Å². The summed E-state index contributed by atoms with van der Waals surface area (Å²) >= 11 is 0. The van der Waals surface area contributed by atoms with Crippen molar-refractivity contribution >= 4 is 17.8 Å². The van der Waals surface area contributed by atoms with E-state index >= 15 is 0 Å². The molecule has 1 aromatic heterocycles. The number of benzene rings is 3. The lowest BCUT2D eigenvalue weighted by molar-refractivity contribution is -0.143. The van der Waals surface area contributed by atoms with Gasteiger partial charge in [-0.2, -0.15) is 0 Å². The fourth-order valence-electron chi connectivity index (χ4n) is 6.75. The van der Waals surface area contributed by atoms with E-state index in [4.69, 9.17) is 4.74 Å². The molecule has 1 saturated heterocycles. The van der Waals surface area contributed by atoms with Crippen LogP contribution in [0.1, 0.15) is 68.6 Å². The smallest absolute Gasteiger partial charge is 0.408 e. The number of ketones is 1. The van der Waals surface area contributed by atoms with Gasteiger partial charge in [0.15, 0.2) is 5.82 Å². The molecule has 0 spiro atoms. The first kappa shape index (κ1) is 33.1. The summed E-state index contributed by atoms with van der Waals surface area (Å²) in [5.41, 5.74) is 6.08. The van der Waals surface area contributed by atoms with Crippen LogP contribution in [0.4, 0.5) is 4.79 Å². The van der Waals surface area contributed by atoms with Crippen molar-refractivity contribution in [2.24, 2.45) is 11.8 Å². The van der Waals surface area contributed by atoms with Crippen LogP contribution in [-0.4, -0.2) is 51.8 Å². The van der Waals surface area contributed by atoms with Crippen LogP contribution in [0.25, 0.3) is 22.5 Å². The van der Waals surface area contributed by atoms with Gasteiger partial charge in [0.1, 0.15) is 18.4 Å². The lowest BCUT2D eigenvalue weighted by Gasteiger charge is -2.39. The third-order valence-corrected chi connectivity index (χ3v) is 10.0. The minimum absolute atomic E-state index is 0.0642. The molecule has 2 fully saturated rings. The molecule has 2 amide bonds. The van der Waals surface area contributed by atoms with E-state index in [1.165, 1.54) is 44.6 Å². The van der Waals surface area contributed by atoms with Crippen molar-refractivity contribution in [2.45, 2.75) is 70.9 Å². The Morgan fingerprint density at radius 2 is 1.46 bits per heavy atom. The van der Waals surface area contributed by atoms with Gasteiger partial charge in [-0.1, -0.05) is 92.2 Å². The van der Waals surface area contributed by atoms with E-state index in [2.05, 4.69) is 46.5 Å². The molecule has 4 aromatic rings. The molecule has 8 nitrogen and oxygen atoms in total. The zero-order valence-corrected chi connectivity index (χ0v) is 27.8. The number of alkyl carbamates (subject to hydrolysis) is 1. The minimum Gasteiger partial charge on any atom is -0.445 e. The Morgan fingerprint density at radius 1 is 0.812 bits per heavy atom. The SMILES string of the molecule is CCC1CCC(c2ccc(-c3cnc(-c4ccc(C[C@H](NC(=O)OCc5ccccc5)C(=O)N5CC(C(C)=O)C5)cc4)nc3)cc2)CC1. The largest absolute Gasteiger partial charge is 0.445 e. The van der Waals surface area contributed by atoms with E-state index in [0.717, 1.165) is 33.7 Å². The first-order valence-corrected chi connectivity index (χ1v) is 17.1. The molecular weight excluding hydrogens is 600 g/mol. The Morgan fingerprint density at radius 3 is 2.08 bits per heavy atom. The van der Waals surface area contributed by atoms with E-state index in [0.29, 0.717) is 24.8 Å². The number of carbonyl (C=O) groups excluding carboxylic acids is 3. The lowest BCUT2D eigenvalue weighted by atomic mass is 9.78. The Balaban J connectivity index is 1.08. The van der Waals surface area contributed by atoms with Crippen molar-refractivity contribution in [3.8, 4) is 22.5 Å². The molecule has 1 aliphatic heterocycles. The highest BCUT2D eigenvalue weighted by Gasteiger charge is 2.37. The van der Waals surface area contributed by atoms with Gasteiger partial charge in [-0.25, -0.2) is 14.8 Å². The summed E-state index contributed by atoms with van der Waals surface area (Å²) in [7, 11) is 0. The maximum Gasteiger partial charge on any atom is 0.408 e. The molecule has 8 heteroatoms. The van der Waals surface area contributed by atoms with Gasteiger partial charge in [0, 0.05) is 43.0 Å². The Bertz CT molecular complexity index is 1680. The molecule has 1 atom stereocenters. The van der Waals surface area contributed by atoms with Crippen LogP contribution < -0.4 is 5.32 Å². The van der Waals surface area contributed by atoms with Gasteiger partial charge in [0.25, 0.3) is 0 Å². The van der Waals surface area contributed by atoms with Crippen molar-refractivity contribution in [1.29, 1.82) is 0 Å². The molecule has 6 rings (SSSR count). The predicted octanol–water partition coefficient (Wildman–Crippen LogP) is 7.38. The number of hydrogen-bond donors (Lipinski definition) is 1. The summed E-state index contributed by atoms with van der Waals surface area (Å²) in [6.07, 6.45) is 9.85. The topological polar surface area (TPSA) is 101 Å². The quantitative estimate of drug-likeness (QED) is 0.183. The number of amides is 2. The fourth-order valence-corrected chi connectivity index (χ4v) is 6.75. The molecule has 0 bridgehead atoms. The molecule has 2 aliphatic rings. The van der Waals surface area contributed by atoms with Gasteiger partial charge in [-0.05, 0) is 66.7 Å². The second-order valence-electron chi connectivity index (χ2n) is 13.3. The molecule has 2 heterocycles. The van der Waals surface area contributed by atoms with E-state index in [1.54, 1.807) is 4.90 Å². The number of carbonyl (C=O) groups is 3. The van der Waals surface area contributed by atoms with Gasteiger partial charge >= 0.3 is 6.09 Å². The third kappa shape index (κ3) is 8.16. The van der Waals surface area contributed by atoms with Gasteiger partial charge in [0.2, 0.25) is 5.91 Å².